The molecule has 5 nitrogen and oxygen atoms in total. The fourth-order valence-corrected chi connectivity index (χ4v) is 2.76. The average Bonchev–Trinajstić information content (AvgIpc) is 3.07. The van der Waals surface area contributed by atoms with Crippen molar-refractivity contribution in [1.82, 2.24) is 20.4 Å². The summed E-state index contributed by atoms with van der Waals surface area (Å²) in [5.74, 6) is -3.31. The number of hydrogen-bond donors (Lipinski definition) is 2. The van der Waals surface area contributed by atoms with Crippen LogP contribution in [0.5, 0.6) is 0 Å². The lowest BCUT2D eigenvalue weighted by Gasteiger charge is -2.23. The van der Waals surface area contributed by atoms with Crippen molar-refractivity contribution in [1.29, 1.82) is 0 Å². The summed E-state index contributed by atoms with van der Waals surface area (Å²) >= 11 is 0. The van der Waals surface area contributed by atoms with Crippen LogP contribution in [0.15, 0.2) is 49.6 Å². The highest BCUT2D eigenvalue weighted by Gasteiger charge is 2.29. The van der Waals surface area contributed by atoms with Crippen molar-refractivity contribution in [3.8, 4) is 0 Å². The molecule has 1 aromatic rings. The molecule has 0 radical (unpaired) electrons. The summed E-state index contributed by atoms with van der Waals surface area (Å²) < 4.78 is 28.3. The van der Waals surface area contributed by atoms with Gasteiger partial charge in [0.05, 0.1) is 12.2 Å². The Morgan fingerprint density at radius 3 is 2.77 bits per heavy atom. The van der Waals surface area contributed by atoms with Crippen LogP contribution < -0.4 is 5.32 Å². The first-order valence-electron chi connectivity index (χ1n) is 9.93. The molecule has 0 aliphatic rings. The molecule has 1 heterocycles. The first-order chi connectivity index (χ1) is 14.3. The number of nitrogens with zero attached hydrogens (tertiary/aromatic N) is 2. The minimum absolute atomic E-state index is 0.107. The Balaban J connectivity index is 2.46. The molecule has 0 aromatic carbocycles. The van der Waals surface area contributed by atoms with Crippen molar-refractivity contribution in [2.75, 3.05) is 26.7 Å². The number of nitrogens with one attached hydrogen (secondary N) is 2. The Morgan fingerprint density at radius 1 is 1.33 bits per heavy atom. The van der Waals surface area contributed by atoms with Gasteiger partial charge in [0.1, 0.15) is 0 Å². The zero-order chi connectivity index (χ0) is 22.4. The zero-order valence-electron chi connectivity index (χ0n) is 17.8. The van der Waals surface area contributed by atoms with Crippen LogP contribution in [0.4, 0.5) is 8.78 Å². The van der Waals surface area contributed by atoms with Gasteiger partial charge in [-0.3, -0.25) is 9.89 Å². The summed E-state index contributed by atoms with van der Waals surface area (Å²) in [6, 6.07) is 0. The monoisotopic (exact) mass is 418 g/mol. The van der Waals surface area contributed by atoms with Gasteiger partial charge in [-0.1, -0.05) is 37.0 Å². The molecule has 0 fully saturated rings. The number of aromatic nitrogens is 2. The summed E-state index contributed by atoms with van der Waals surface area (Å²) in [6.07, 6.45) is 14.7. The van der Waals surface area contributed by atoms with Gasteiger partial charge in [0.25, 0.3) is 5.92 Å². The molecule has 2 N–H and O–H groups in total. The van der Waals surface area contributed by atoms with Crippen molar-refractivity contribution in [2.45, 2.75) is 32.1 Å². The highest BCUT2D eigenvalue weighted by Crippen LogP contribution is 2.19. The van der Waals surface area contributed by atoms with Gasteiger partial charge in [-0.15, -0.1) is 6.58 Å². The summed E-state index contributed by atoms with van der Waals surface area (Å²) in [6.45, 7) is 9.38. The fourth-order valence-electron chi connectivity index (χ4n) is 2.76. The normalized spacial score (nSPS) is 12.4. The van der Waals surface area contributed by atoms with Crippen LogP contribution in [-0.4, -0.2) is 53.6 Å². The van der Waals surface area contributed by atoms with E-state index in [2.05, 4.69) is 28.7 Å². The molecule has 1 aromatic heterocycles. The number of alkyl halides is 2. The van der Waals surface area contributed by atoms with E-state index in [1.54, 1.807) is 30.2 Å². The van der Waals surface area contributed by atoms with Crippen LogP contribution in [0.1, 0.15) is 36.7 Å². The molecule has 30 heavy (non-hydrogen) atoms. The number of rotatable bonds is 14. The molecule has 0 bridgehead atoms. The van der Waals surface area contributed by atoms with Gasteiger partial charge < -0.3 is 10.2 Å². The quantitative estimate of drug-likeness (QED) is 0.268. The Morgan fingerprint density at radius 2 is 2.10 bits per heavy atom. The summed E-state index contributed by atoms with van der Waals surface area (Å²) in [5.41, 5.74) is 2.15. The maximum Gasteiger partial charge on any atom is 0.262 e. The third-order valence-corrected chi connectivity index (χ3v) is 4.26. The average molecular weight is 419 g/mol. The number of hydrogen-bond acceptors (Lipinski definition) is 3. The molecule has 0 unspecified atom stereocenters. The molecule has 1 rings (SSSR count). The van der Waals surface area contributed by atoms with E-state index >= 15 is 0 Å². The molecule has 0 saturated heterocycles. The van der Waals surface area contributed by atoms with E-state index in [0.29, 0.717) is 25.1 Å². The standard InChI is InChI=1S/C23H32F2N4O/c1-5-8-9-10-11-17-29(4)18-23(24,25)15-16-26-22(30)14-13-19-20(7-3)27-28-21(19)12-6-2/h5-10,13-14H,2-3,11-12,15-18H2,1,4H3,(H,26,30)(H,27,28)/b8-5-,10-9-,14-13+. The molecule has 7 heteroatoms. The van der Waals surface area contributed by atoms with Gasteiger partial charge in [0.2, 0.25) is 5.91 Å². The van der Waals surface area contributed by atoms with Crippen LogP contribution in [0.3, 0.4) is 0 Å². The first-order valence-corrected chi connectivity index (χ1v) is 9.93. The van der Waals surface area contributed by atoms with Gasteiger partial charge >= 0.3 is 0 Å². The highest BCUT2D eigenvalue weighted by atomic mass is 19.3. The topological polar surface area (TPSA) is 61.0 Å². The second-order valence-electron chi connectivity index (χ2n) is 6.91. The Bertz CT molecular complexity index is 778. The lowest BCUT2D eigenvalue weighted by atomic mass is 10.1. The van der Waals surface area contributed by atoms with Crippen molar-refractivity contribution in [2.24, 2.45) is 0 Å². The Kier molecular flexibility index (Phi) is 11.3. The number of allylic oxidation sites excluding steroid dienone is 4. The van der Waals surface area contributed by atoms with Crippen LogP contribution in [0.2, 0.25) is 0 Å². The minimum atomic E-state index is -2.88. The van der Waals surface area contributed by atoms with Crippen molar-refractivity contribution < 1.29 is 13.6 Å². The minimum Gasteiger partial charge on any atom is -0.352 e. The Hall–Kier alpha value is -2.80. The van der Waals surface area contributed by atoms with Crippen molar-refractivity contribution in [3.63, 3.8) is 0 Å². The molecule has 1 amide bonds. The maximum absolute atomic E-state index is 14.1. The number of carbonyl (C=O) groups excluding carboxylic acids is 1. The number of halogens is 2. The molecule has 164 valence electrons. The van der Waals surface area contributed by atoms with E-state index in [1.807, 2.05) is 31.2 Å². The first kappa shape index (κ1) is 25.2. The van der Waals surface area contributed by atoms with Crippen LogP contribution in [0, 0.1) is 0 Å². The predicted octanol–water partition coefficient (Wildman–Crippen LogP) is 4.39. The van der Waals surface area contributed by atoms with E-state index in [-0.39, 0.29) is 13.1 Å². The SMILES string of the molecule is C=CCc1[nH]nc(C=C)c1/C=C/C(=O)NCCC(F)(F)CN(C)CC/C=C\C=C/C. The smallest absolute Gasteiger partial charge is 0.262 e. The van der Waals surface area contributed by atoms with E-state index in [9.17, 15) is 13.6 Å². The van der Waals surface area contributed by atoms with Crippen LogP contribution in [0.25, 0.3) is 12.2 Å². The fraction of sp³-hybridized carbons (Fsp3) is 0.391. The maximum atomic E-state index is 14.1. The number of amides is 1. The molecular weight excluding hydrogens is 386 g/mol. The van der Waals surface area contributed by atoms with Crippen molar-refractivity contribution >= 4 is 18.1 Å². The summed E-state index contributed by atoms with van der Waals surface area (Å²) in [5, 5.41) is 9.48. The lowest BCUT2D eigenvalue weighted by molar-refractivity contribution is -0.116. The highest BCUT2D eigenvalue weighted by molar-refractivity contribution is 5.92. The van der Waals surface area contributed by atoms with Gasteiger partial charge in [-0.25, -0.2) is 8.78 Å². The predicted molar refractivity (Wildman–Crippen MR) is 120 cm³/mol. The molecule has 0 saturated carbocycles. The largest absolute Gasteiger partial charge is 0.352 e. The van der Waals surface area contributed by atoms with E-state index in [1.165, 1.54) is 6.08 Å². The molecule has 0 atom stereocenters. The number of aromatic amines is 1. The third kappa shape index (κ3) is 9.60. The van der Waals surface area contributed by atoms with E-state index in [0.717, 1.165) is 11.3 Å². The summed E-state index contributed by atoms with van der Waals surface area (Å²) in [4.78, 5) is 13.6. The molecule has 0 aliphatic heterocycles. The second-order valence-corrected chi connectivity index (χ2v) is 6.91. The van der Waals surface area contributed by atoms with E-state index < -0.39 is 18.3 Å². The van der Waals surface area contributed by atoms with Gasteiger partial charge in [-0.05, 0) is 32.5 Å². The van der Waals surface area contributed by atoms with Gasteiger partial charge in [0.15, 0.2) is 0 Å². The van der Waals surface area contributed by atoms with Crippen LogP contribution in [-0.2, 0) is 11.2 Å². The molecule has 0 aliphatic carbocycles. The zero-order valence-corrected chi connectivity index (χ0v) is 17.8. The number of carbonyl (C=O) groups is 1. The molecule has 0 spiro atoms. The van der Waals surface area contributed by atoms with Gasteiger partial charge in [-0.2, -0.15) is 5.10 Å². The van der Waals surface area contributed by atoms with Crippen molar-refractivity contribution in [3.05, 3.63) is 66.6 Å². The third-order valence-electron chi connectivity index (χ3n) is 4.26. The van der Waals surface area contributed by atoms with Crippen LogP contribution >= 0.6 is 0 Å². The Labute approximate surface area is 177 Å². The summed E-state index contributed by atoms with van der Waals surface area (Å²) in [7, 11) is 1.67. The second kappa shape index (κ2) is 13.4. The van der Waals surface area contributed by atoms with Gasteiger partial charge in [0, 0.05) is 43.3 Å². The lowest BCUT2D eigenvalue weighted by Crippen LogP contribution is -2.37. The number of H-pyrrole nitrogens is 1. The molecular formula is C23H32F2N4O. The van der Waals surface area contributed by atoms with E-state index in [4.69, 9.17) is 0 Å².